The minimum Gasteiger partial charge on any atom is -0.399 e. The van der Waals surface area contributed by atoms with E-state index in [-0.39, 0.29) is 11.1 Å². The normalized spacial score (nSPS) is 20.2. The van der Waals surface area contributed by atoms with Gasteiger partial charge in [-0.1, -0.05) is 51.7 Å². The number of benzene rings is 2. The van der Waals surface area contributed by atoms with Crippen molar-refractivity contribution >= 4 is 0 Å². The second-order valence-corrected chi connectivity index (χ2v) is 8.88. The molecule has 7 heteroatoms. The molecule has 1 atom stereocenters. The van der Waals surface area contributed by atoms with E-state index in [0.29, 0.717) is 30.4 Å². The third-order valence-corrected chi connectivity index (χ3v) is 6.51. The lowest BCUT2D eigenvalue weighted by Gasteiger charge is -2.32. The Labute approximate surface area is 184 Å². The van der Waals surface area contributed by atoms with E-state index in [0.717, 1.165) is 11.5 Å². The maximum absolute atomic E-state index is 14.7. The van der Waals surface area contributed by atoms with Crippen LogP contribution in [0.25, 0.3) is 11.1 Å². The van der Waals surface area contributed by atoms with Crippen LogP contribution < -0.4 is 4.74 Å². The zero-order valence-electron chi connectivity index (χ0n) is 18.2. The third kappa shape index (κ3) is 6.20. The van der Waals surface area contributed by atoms with E-state index in [2.05, 4.69) is 18.6 Å². The number of hydrogen-bond donors (Lipinski definition) is 0. The minimum absolute atomic E-state index is 0.0853. The van der Waals surface area contributed by atoms with E-state index in [4.69, 9.17) is 0 Å². The second kappa shape index (κ2) is 10.2. The zero-order valence-corrected chi connectivity index (χ0v) is 18.2. The first-order chi connectivity index (χ1) is 15.1. The van der Waals surface area contributed by atoms with Crippen LogP contribution in [0.4, 0.5) is 26.3 Å². The summed E-state index contributed by atoms with van der Waals surface area (Å²) < 4.78 is 83.1. The van der Waals surface area contributed by atoms with Gasteiger partial charge in [-0.3, -0.25) is 0 Å². The first-order valence-electron chi connectivity index (χ1n) is 11.1. The molecule has 1 aliphatic rings. The number of rotatable bonds is 7. The van der Waals surface area contributed by atoms with E-state index in [9.17, 15) is 26.3 Å². The predicted octanol–water partition coefficient (Wildman–Crippen LogP) is 8.45. The summed E-state index contributed by atoms with van der Waals surface area (Å²) >= 11 is 0. The highest BCUT2D eigenvalue weighted by Gasteiger charge is 2.34. The quantitative estimate of drug-likeness (QED) is 0.378. The van der Waals surface area contributed by atoms with Crippen molar-refractivity contribution < 1.29 is 31.1 Å². The summed E-state index contributed by atoms with van der Waals surface area (Å²) in [4.78, 5) is 0. The van der Waals surface area contributed by atoms with Crippen LogP contribution >= 0.6 is 0 Å². The molecule has 2 aromatic rings. The second-order valence-electron chi connectivity index (χ2n) is 8.88. The van der Waals surface area contributed by atoms with Gasteiger partial charge in [-0.25, -0.2) is 13.2 Å². The lowest BCUT2D eigenvalue weighted by Crippen LogP contribution is -2.21. The van der Waals surface area contributed by atoms with Crippen molar-refractivity contribution in [3.05, 3.63) is 53.3 Å². The molecule has 1 fully saturated rings. The molecule has 2 aromatic carbocycles. The first kappa shape index (κ1) is 24.5. The van der Waals surface area contributed by atoms with Crippen LogP contribution in [0.2, 0.25) is 0 Å². The van der Waals surface area contributed by atoms with Crippen LogP contribution in [0.15, 0.2) is 30.3 Å². The number of alkyl halides is 3. The molecule has 1 unspecified atom stereocenters. The highest BCUT2D eigenvalue weighted by molar-refractivity contribution is 5.65. The van der Waals surface area contributed by atoms with Gasteiger partial charge in [-0.15, -0.1) is 13.2 Å². The van der Waals surface area contributed by atoms with E-state index in [1.807, 2.05) is 0 Å². The molecule has 0 amide bonds. The van der Waals surface area contributed by atoms with Gasteiger partial charge in [0.1, 0.15) is 5.82 Å². The van der Waals surface area contributed by atoms with E-state index in [1.165, 1.54) is 50.7 Å². The van der Waals surface area contributed by atoms with Crippen molar-refractivity contribution in [2.75, 3.05) is 0 Å². The van der Waals surface area contributed by atoms with Gasteiger partial charge in [-0.05, 0) is 66.3 Å². The fraction of sp³-hybridized carbons (Fsp3) is 0.520. The predicted molar refractivity (Wildman–Crippen MR) is 112 cm³/mol. The molecule has 0 radical (unpaired) electrons. The van der Waals surface area contributed by atoms with Gasteiger partial charge < -0.3 is 4.74 Å². The SMILES string of the molecule is CCCC1CCC(C(C)Cc2ccc(-c3cc(F)c(OC(F)(F)F)c(F)c3)c(F)c2)CC1. The average molecular weight is 458 g/mol. The van der Waals surface area contributed by atoms with Crippen LogP contribution in [0.1, 0.15) is 57.9 Å². The molecule has 0 bridgehead atoms. The summed E-state index contributed by atoms with van der Waals surface area (Å²) in [6, 6.07) is 5.73. The van der Waals surface area contributed by atoms with Gasteiger partial charge in [-0.2, -0.15) is 0 Å². The molecular formula is C25H28F6O. The van der Waals surface area contributed by atoms with Crippen molar-refractivity contribution in [1.82, 2.24) is 0 Å². The van der Waals surface area contributed by atoms with E-state index < -0.39 is 29.6 Å². The maximum atomic E-state index is 14.7. The summed E-state index contributed by atoms with van der Waals surface area (Å²) in [7, 11) is 0. The molecule has 0 spiro atoms. The molecular weight excluding hydrogens is 430 g/mol. The summed E-state index contributed by atoms with van der Waals surface area (Å²) in [6.45, 7) is 4.38. The molecule has 3 rings (SSSR count). The summed E-state index contributed by atoms with van der Waals surface area (Å²) in [5, 5.41) is 0. The van der Waals surface area contributed by atoms with Crippen molar-refractivity contribution in [2.45, 2.75) is 65.2 Å². The lowest BCUT2D eigenvalue weighted by atomic mass is 9.73. The largest absolute Gasteiger partial charge is 0.573 e. The molecule has 0 saturated heterocycles. The zero-order chi connectivity index (χ0) is 23.5. The smallest absolute Gasteiger partial charge is 0.399 e. The number of hydrogen-bond acceptors (Lipinski definition) is 1. The molecule has 1 aliphatic carbocycles. The van der Waals surface area contributed by atoms with E-state index >= 15 is 0 Å². The molecule has 0 aromatic heterocycles. The first-order valence-corrected chi connectivity index (χ1v) is 11.1. The Morgan fingerprint density at radius 1 is 0.938 bits per heavy atom. The van der Waals surface area contributed by atoms with E-state index in [1.54, 1.807) is 6.07 Å². The van der Waals surface area contributed by atoms with Crippen LogP contribution in [0.3, 0.4) is 0 Å². The van der Waals surface area contributed by atoms with Crippen LogP contribution in [0, 0.1) is 35.2 Å². The maximum Gasteiger partial charge on any atom is 0.573 e. The standard InChI is InChI=1S/C25H28F6O/c1-3-4-16-5-8-18(9-6-16)15(2)11-17-7-10-20(21(26)12-17)19-13-22(27)24(23(28)14-19)32-25(29,30)31/h7,10,12-16,18H,3-6,8-9,11H2,1-2H3. The lowest BCUT2D eigenvalue weighted by molar-refractivity contribution is -0.276. The highest BCUT2D eigenvalue weighted by atomic mass is 19.4. The van der Waals surface area contributed by atoms with Gasteiger partial charge in [0.2, 0.25) is 5.75 Å². The van der Waals surface area contributed by atoms with Crippen molar-refractivity contribution in [3.63, 3.8) is 0 Å². The Balaban J connectivity index is 1.70. The Kier molecular flexibility index (Phi) is 7.78. The van der Waals surface area contributed by atoms with Crippen LogP contribution in [0.5, 0.6) is 5.75 Å². The van der Waals surface area contributed by atoms with Crippen LogP contribution in [-0.4, -0.2) is 6.36 Å². The fourth-order valence-corrected chi connectivity index (χ4v) is 4.84. The fourth-order valence-electron chi connectivity index (χ4n) is 4.84. The van der Waals surface area contributed by atoms with Crippen molar-refractivity contribution in [2.24, 2.45) is 17.8 Å². The third-order valence-electron chi connectivity index (χ3n) is 6.51. The highest BCUT2D eigenvalue weighted by Crippen LogP contribution is 2.37. The van der Waals surface area contributed by atoms with Gasteiger partial charge in [0.25, 0.3) is 0 Å². The van der Waals surface area contributed by atoms with Gasteiger partial charge in [0, 0.05) is 5.56 Å². The number of ether oxygens (including phenoxy) is 1. The Hall–Kier alpha value is -2.18. The molecule has 176 valence electrons. The Bertz CT molecular complexity index is 892. The van der Waals surface area contributed by atoms with Crippen molar-refractivity contribution in [3.8, 4) is 16.9 Å². The molecule has 1 nitrogen and oxygen atoms in total. The summed E-state index contributed by atoms with van der Waals surface area (Å²) in [5.74, 6) is -3.53. The Morgan fingerprint density at radius 2 is 1.56 bits per heavy atom. The van der Waals surface area contributed by atoms with Gasteiger partial charge in [0.15, 0.2) is 11.6 Å². The summed E-state index contributed by atoms with van der Waals surface area (Å²) in [6.07, 6.45) is 2.78. The molecule has 32 heavy (non-hydrogen) atoms. The summed E-state index contributed by atoms with van der Waals surface area (Å²) in [5.41, 5.74) is 0.506. The van der Waals surface area contributed by atoms with Crippen molar-refractivity contribution in [1.29, 1.82) is 0 Å². The van der Waals surface area contributed by atoms with Gasteiger partial charge in [0.05, 0.1) is 0 Å². The minimum atomic E-state index is -5.23. The van der Waals surface area contributed by atoms with Crippen LogP contribution in [-0.2, 0) is 6.42 Å². The number of halogens is 6. The monoisotopic (exact) mass is 458 g/mol. The molecule has 1 saturated carbocycles. The average Bonchev–Trinajstić information content (AvgIpc) is 2.71. The Morgan fingerprint density at radius 3 is 2.09 bits per heavy atom. The molecule has 0 aliphatic heterocycles. The molecule has 0 heterocycles. The topological polar surface area (TPSA) is 9.23 Å². The molecule has 0 N–H and O–H groups in total. The van der Waals surface area contributed by atoms with Gasteiger partial charge >= 0.3 is 6.36 Å².